The molecular weight excluding hydrogens is 356 g/mol. The van der Waals surface area contributed by atoms with Gasteiger partial charge in [-0.2, -0.15) is 0 Å². The molecule has 5 heteroatoms. The molecular formula is C18H21BrN2O2. The normalized spacial score (nSPS) is 10.2. The highest BCUT2D eigenvalue weighted by Crippen LogP contribution is 2.12. The molecule has 0 radical (unpaired) electrons. The number of ether oxygens (including phenoxy) is 1. The summed E-state index contributed by atoms with van der Waals surface area (Å²) < 4.78 is 6.16. The van der Waals surface area contributed by atoms with Crippen LogP contribution in [0.3, 0.4) is 0 Å². The number of rotatable bonds is 6. The van der Waals surface area contributed by atoms with Crippen LogP contribution in [0.4, 0.5) is 4.79 Å². The highest BCUT2D eigenvalue weighted by atomic mass is 79.9. The Morgan fingerprint density at radius 2 is 1.70 bits per heavy atom. The average molecular weight is 377 g/mol. The Balaban J connectivity index is 1.75. The Morgan fingerprint density at radius 3 is 2.30 bits per heavy atom. The van der Waals surface area contributed by atoms with Crippen molar-refractivity contribution in [3.63, 3.8) is 0 Å². The summed E-state index contributed by atoms with van der Waals surface area (Å²) in [6.45, 7) is 1.19. The molecule has 0 aliphatic carbocycles. The lowest BCUT2D eigenvalue weighted by molar-refractivity contribution is 0.207. The van der Waals surface area contributed by atoms with E-state index in [9.17, 15) is 4.79 Å². The van der Waals surface area contributed by atoms with Crippen LogP contribution in [0, 0.1) is 0 Å². The van der Waals surface area contributed by atoms with Gasteiger partial charge in [-0.05, 0) is 41.8 Å². The van der Waals surface area contributed by atoms with Crippen molar-refractivity contribution in [1.29, 1.82) is 0 Å². The van der Waals surface area contributed by atoms with Crippen LogP contribution < -0.4 is 10.1 Å². The molecule has 0 aliphatic rings. The third-order valence-electron chi connectivity index (χ3n) is 3.53. The number of carbonyl (C=O) groups is 1. The first kappa shape index (κ1) is 17.3. The minimum Gasteiger partial charge on any atom is -0.497 e. The molecule has 0 fully saturated rings. The fourth-order valence-electron chi connectivity index (χ4n) is 2.18. The molecule has 2 amide bonds. The maximum absolute atomic E-state index is 12.1. The second-order valence-corrected chi connectivity index (χ2v) is 6.23. The number of nitrogens with one attached hydrogen (secondary N) is 1. The fourth-order valence-corrected chi connectivity index (χ4v) is 2.44. The van der Waals surface area contributed by atoms with Gasteiger partial charge in [0.25, 0.3) is 0 Å². The molecule has 1 N–H and O–H groups in total. The van der Waals surface area contributed by atoms with Gasteiger partial charge >= 0.3 is 6.03 Å². The number of methoxy groups -OCH3 is 1. The number of carbonyl (C=O) groups excluding carboxylic acids is 1. The first-order valence-corrected chi connectivity index (χ1v) is 8.24. The predicted molar refractivity (Wildman–Crippen MR) is 95.7 cm³/mol. The number of halogens is 1. The lowest BCUT2D eigenvalue weighted by Crippen LogP contribution is -2.37. The van der Waals surface area contributed by atoms with Crippen LogP contribution in [0.15, 0.2) is 53.0 Å². The standard InChI is InChI=1S/C18H21BrN2O2/c1-21(13-15-3-7-16(19)8-4-15)18(22)20-12-11-14-5-9-17(23-2)10-6-14/h3-10H,11-13H2,1-2H3,(H,20,22). The number of amides is 2. The van der Waals surface area contributed by atoms with E-state index >= 15 is 0 Å². The molecule has 2 aromatic rings. The van der Waals surface area contributed by atoms with E-state index in [2.05, 4.69) is 21.2 Å². The lowest BCUT2D eigenvalue weighted by atomic mass is 10.1. The number of nitrogens with zero attached hydrogens (tertiary/aromatic N) is 1. The van der Waals surface area contributed by atoms with Gasteiger partial charge in [-0.15, -0.1) is 0 Å². The lowest BCUT2D eigenvalue weighted by Gasteiger charge is -2.18. The number of urea groups is 1. The van der Waals surface area contributed by atoms with Crippen molar-refractivity contribution in [2.45, 2.75) is 13.0 Å². The van der Waals surface area contributed by atoms with Gasteiger partial charge in [0, 0.05) is 24.6 Å². The summed E-state index contributed by atoms with van der Waals surface area (Å²) in [5.41, 5.74) is 2.27. The monoisotopic (exact) mass is 376 g/mol. The molecule has 0 heterocycles. The molecule has 0 spiro atoms. The van der Waals surface area contributed by atoms with Crippen LogP contribution >= 0.6 is 15.9 Å². The molecule has 23 heavy (non-hydrogen) atoms. The molecule has 0 aliphatic heterocycles. The molecule has 0 unspecified atom stereocenters. The molecule has 0 bridgehead atoms. The molecule has 0 atom stereocenters. The minimum atomic E-state index is -0.0681. The van der Waals surface area contributed by atoms with E-state index in [0.29, 0.717) is 13.1 Å². The smallest absolute Gasteiger partial charge is 0.317 e. The molecule has 0 aromatic heterocycles. The zero-order valence-corrected chi connectivity index (χ0v) is 15.0. The van der Waals surface area contributed by atoms with E-state index in [0.717, 1.165) is 22.2 Å². The van der Waals surface area contributed by atoms with Gasteiger partial charge in [-0.25, -0.2) is 4.79 Å². The summed E-state index contributed by atoms with van der Waals surface area (Å²) in [5, 5.41) is 2.94. The molecule has 0 saturated carbocycles. The van der Waals surface area contributed by atoms with E-state index in [1.807, 2.05) is 48.5 Å². The maximum Gasteiger partial charge on any atom is 0.317 e. The molecule has 122 valence electrons. The van der Waals surface area contributed by atoms with Crippen LogP contribution in [0.1, 0.15) is 11.1 Å². The van der Waals surface area contributed by atoms with Gasteiger partial charge in [0.05, 0.1) is 7.11 Å². The molecule has 0 saturated heterocycles. The van der Waals surface area contributed by atoms with Crippen LogP contribution in [-0.2, 0) is 13.0 Å². The maximum atomic E-state index is 12.1. The molecule has 2 aromatic carbocycles. The van der Waals surface area contributed by atoms with E-state index in [4.69, 9.17) is 4.74 Å². The Kier molecular flexibility index (Phi) is 6.47. The van der Waals surface area contributed by atoms with Gasteiger partial charge in [0.2, 0.25) is 0 Å². The zero-order valence-electron chi connectivity index (χ0n) is 13.4. The highest BCUT2D eigenvalue weighted by Gasteiger charge is 2.08. The van der Waals surface area contributed by atoms with Gasteiger partial charge in [0.15, 0.2) is 0 Å². The number of hydrogen-bond donors (Lipinski definition) is 1. The zero-order chi connectivity index (χ0) is 16.7. The summed E-state index contributed by atoms with van der Waals surface area (Å²) in [6.07, 6.45) is 0.794. The van der Waals surface area contributed by atoms with Crippen molar-refractivity contribution in [3.05, 3.63) is 64.1 Å². The topological polar surface area (TPSA) is 41.6 Å². The molecule has 2 rings (SSSR count). The largest absolute Gasteiger partial charge is 0.497 e. The average Bonchev–Trinajstić information content (AvgIpc) is 2.57. The summed E-state index contributed by atoms with van der Waals surface area (Å²) in [4.78, 5) is 13.8. The third-order valence-corrected chi connectivity index (χ3v) is 4.06. The van der Waals surface area contributed by atoms with E-state index in [1.54, 1.807) is 19.1 Å². The Morgan fingerprint density at radius 1 is 1.09 bits per heavy atom. The summed E-state index contributed by atoms with van der Waals surface area (Å²) >= 11 is 3.41. The first-order valence-electron chi connectivity index (χ1n) is 7.45. The van der Waals surface area contributed by atoms with Crippen molar-refractivity contribution in [3.8, 4) is 5.75 Å². The number of benzene rings is 2. The Bertz CT molecular complexity index is 626. The van der Waals surface area contributed by atoms with Crippen molar-refractivity contribution in [2.24, 2.45) is 0 Å². The third kappa shape index (κ3) is 5.60. The van der Waals surface area contributed by atoms with Crippen LogP contribution in [0.5, 0.6) is 5.75 Å². The van der Waals surface area contributed by atoms with Gasteiger partial charge in [-0.1, -0.05) is 40.2 Å². The van der Waals surface area contributed by atoms with Crippen LogP contribution in [0.25, 0.3) is 0 Å². The predicted octanol–water partition coefficient (Wildman–Crippen LogP) is 3.84. The SMILES string of the molecule is COc1ccc(CCNC(=O)N(C)Cc2ccc(Br)cc2)cc1. The molecule has 4 nitrogen and oxygen atoms in total. The second kappa shape index (κ2) is 8.58. The van der Waals surface area contributed by atoms with Crippen LogP contribution in [0.2, 0.25) is 0 Å². The van der Waals surface area contributed by atoms with Gasteiger partial charge in [0.1, 0.15) is 5.75 Å². The Hall–Kier alpha value is -2.01. The Labute approximate surface area is 145 Å². The quantitative estimate of drug-likeness (QED) is 0.831. The number of hydrogen-bond acceptors (Lipinski definition) is 2. The van der Waals surface area contributed by atoms with Crippen molar-refractivity contribution < 1.29 is 9.53 Å². The van der Waals surface area contributed by atoms with Gasteiger partial charge < -0.3 is 15.0 Å². The van der Waals surface area contributed by atoms with E-state index < -0.39 is 0 Å². The van der Waals surface area contributed by atoms with Crippen molar-refractivity contribution >= 4 is 22.0 Å². The summed E-state index contributed by atoms with van der Waals surface area (Å²) in [5.74, 6) is 0.840. The second-order valence-electron chi connectivity index (χ2n) is 5.31. The minimum absolute atomic E-state index is 0.0681. The van der Waals surface area contributed by atoms with Gasteiger partial charge in [-0.3, -0.25) is 0 Å². The fraction of sp³-hybridized carbons (Fsp3) is 0.278. The van der Waals surface area contributed by atoms with E-state index in [-0.39, 0.29) is 6.03 Å². The first-order chi connectivity index (χ1) is 11.1. The van der Waals surface area contributed by atoms with Crippen molar-refractivity contribution in [2.75, 3.05) is 20.7 Å². The van der Waals surface area contributed by atoms with Crippen molar-refractivity contribution in [1.82, 2.24) is 10.2 Å². The van der Waals surface area contributed by atoms with E-state index in [1.165, 1.54) is 5.56 Å². The summed E-state index contributed by atoms with van der Waals surface area (Å²) in [6, 6.07) is 15.8. The van der Waals surface area contributed by atoms with Crippen LogP contribution in [-0.4, -0.2) is 31.6 Å². The summed E-state index contributed by atoms with van der Waals surface area (Å²) in [7, 11) is 3.45. The highest BCUT2D eigenvalue weighted by molar-refractivity contribution is 9.10.